The van der Waals surface area contributed by atoms with Crippen LogP contribution >= 0.6 is 11.3 Å². The number of nitrogens with one attached hydrogen (secondary N) is 2. The molecule has 2 heterocycles. The summed E-state index contributed by atoms with van der Waals surface area (Å²) in [5.74, 6) is 1.76. The maximum absolute atomic E-state index is 5.34. The van der Waals surface area contributed by atoms with Gasteiger partial charge in [-0.25, -0.2) is 4.98 Å². The Morgan fingerprint density at radius 1 is 1.20 bits per heavy atom. The first kappa shape index (κ1) is 22.6. The first-order valence-corrected chi connectivity index (χ1v) is 11.8. The second-order valence-electron chi connectivity index (χ2n) is 7.75. The lowest BCUT2D eigenvalue weighted by Gasteiger charge is -2.35. The van der Waals surface area contributed by atoms with E-state index in [9.17, 15) is 0 Å². The second-order valence-corrected chi connectivity index (χ2v) is 8.69. The lowest BCUT2D eigenvalue weighted by molar-refractivity contribution is 0.164. The van der Waals surface area contributed by atoms with E-state index >= 15 is 0 Å². The molecule has 0 spiro atoms. The van der Waals surface area contributed by atoms with E-state index in [1.807, 2.05) is 14.0 Å². The molecule has 0 amide bonds. The van der Waals surface area contributed by atoms with Gasteiger partial charge in [0.05, 0.1) is 18.2 Å². The predicted molar refractivity (Wildman–Crippen MR) is 126 cm³/mol. The number of nitrogens with zero attached hydrogens (tertiary/aromatic N) is 3. The van der Waals surface area contributed by atoms with Crippen molar-refractivity contribution < 1.29 is 4.74 Å². The normalized spacial score (nSPS) is 16.3. The van der Waals surface area contributed by atoms with Crippen molar-refractivity contribution >= 4 is 17.3 Å². The van der Waals surface area contributed by atoms with E-state index in [0.29, 0.717) is 6.04 Å². The smallest absolute Gasteiger partial charge is 0.191 e. The van der Waals surface area contributed by atoms with Gasteiger partial charge in [-0.3, -0.25) is 9.89 Å². The molecule has 1 aliphatic rings. The number of guanidine groups is 1. The van der Waals surface area contributed by atoms with Gasteiger partial charge < -0.3 is 15.4 Å². The van der Waals surface area contributed by atoms with Crippen molar-refractivity contribution in [3.05, 3.63) is 45.9 Å². The Morgan fingerprint density at radius 2 is 1.97 bits per heavy atom. The van der Waals surface area contributed by atoms with Crippen LogP contribution in [0.25, 0.3) is 0 Å². The van der Waals surface area contributed by atoms with Crippen LogP contribution in [0.5, 0.6) is 5.75 Å². The van der Waals surface area contributed by atoms with Gasteiger partial charge in [0.25, 0.3) is 0 Å². The molecule has 1 fully saturated rings. The summed E-state index contributed by atoms with van der Waals surface area (Å²) >= 11 is 1.75. The van der Waals surface area contributed by atoms with Gasteiger partial charge in [-0.1, -0.05) is 18.6 Å². The average molecular weight is 430 g/mol. The van der Waals surface area contributed by atoms with Crippen LogP contribution in [0, 0.1) is 6.92 Å². The lowest BCUT2D eigenvalue weighted by atomic mass is 10.0. The highest BCUT2D eigenvalue weighted by Gasteiger charge is 2.22. The Kier molecular flexibility index (Phi) is 8.96. The van der Waals surface area contributed by atoms with Crippen LogP contribution < -0.4 is 15.4 Å². The van der Waals surface area contributed by atoms with E-state index in [1.165, 1.54) is 29.8 Å². The Hall–Kier alpha value is -2.12. The molecule has 0 saturated carbocycles. The molecule has 1 aromatic carbocycles. The number of methoxy groups -OCH3 is 1. The Balaban J connectivity index is 1.53. The summed E-state index contributed by atoms with van der Waals surface area (Å²) in [6.07, 6.45) is 5.93. The van der Waals surface area contributed by atoms with Gasteiger partial charge in [0, 0.05) is 37.6 Å². The fourth-order valence-electron chi connectivity index (χ4n) is 3.89. The SMILES string of the molecule is CN=C(NCCCc1nc(C)cs1)NCC(c1ccc(OC)cc1)N1CCCCC1. The molecule has 1 aromatic heterocycles. The van der Waals surface area contributed by atoms with Crippen molar-refractivity contribution in [2.24, 2.45) is 4.99 Å². The second kappa shape index (κ2) is 11.9. The van der Waals surface area contributed by atoms with Crippen molar-refractivity contribution in [2.45, 2.75) is 45.1 Å². The molecule has 0 aliphatic carbocycles. The zero-order valence-corrected chi connectivity index (χ0v) is 19.3. The van der Waals surface area contributed by atoms with Crippen molar-refractivity contribution in [1.82, 2.24) is 20.5 Å². The minimum Gasteiger partial charge on any atom is -0.497 e. The molecule has 0 bridgehead atoms. The molecule has 3 rings (SSSR count). The quantitative estimate of drug-likeness (QED) is 0.361. The number of aromatic nitrogens is 1. The summed E-state index contributed by atoms with van der Waals surface area (Å²) in [5, 5.41) is 10.3. The van der Waals surface area contributed by atoms with Crippen LogP contribution in [-0.2, 0) is 6.42 Å². The van der Waals surface area contributed by atoms with E-state index in [4.69, 9.17) is 4.74 Å². The summed E-state index contributed by atoms with van der Waals surface area (Å²) in [5.41, 5.74) is 2.43. The number of hydrogen-bond donors (Lipinski definition) is 2. The number of likely N-dealkylation sites (tertiary alicyclic amines) is 1. The van der Waals surface area contributed by atoms with E-state index < -0.39 is 0 Å². The van der Waals surface area contributed by atoms with Crippen LogP contribution in [0.15, 0.2) is 34.6 Å². The zero-order valence-electron chi connectivity index (χ0n) is 18.5. The van der Waals surface area contributed by atoms with Gasteiger partial charge in [-0.05, 0) is 57.0 Å². The fraction of sp³-hybridized carbons (Fsp3) is 0.565. The van der Waals surface area contributed by atoms with Gasteiger partial charge in [0.1, 0.15) is 5.75 Å². The largest absolute Gasteiger partial charge is 0.497 e. The molecule has 1 atom stereocenters. The maximum atomic E-state index is 5.34. The Labute approximate surface area is 184 Å². The van der Waals surface area contributed by atoms with Crippen molar-refractivity contribution in [1.29, 1.82) is 0 Å². The minimum absolute atomic E-state index is 0.327. The number of rotatable bonds is 9. The fourth-order valence-corrected chi connectivity index (χ4v) is 4.71. The van der Waals surface area contributed by atoms with Crippen molar-refractivity contribution in [2.75, 3.05) is 40.3 Å². The van der Waals surface area contributed by atoms with Gasteiger partial charge >= 0.3 is 0 Å². The van der Waals surface area contributed by atoms with Crippen LogP contribution in [-0.4, -0.2) is 56.2 Å². The number of aliphatic imine (C=N–C) groups is 1. The molecule has 6 nitrogen and oxygen atoms in total. The number of thiazole rings is 1. The standard InChI is InChI=1S/C23H35N5OS/c1-18-17-30-22(27-18)8-7-13-25-23(24-2)26-16-21(28-14-5-4-6-15-28)19-9-11-20(29-3)12-10-19/h9-12,17,21H,4-8,13-16H2,1-3H3,(H2,24,25,26). The first-order chi connectivity index (χ1) is 14.7. The molecule has 1 aliphatic heterocycles. The maximum Gasteiger partial charge on any atom is 0.191 e. The highest BCUT2D eigenvalue weighted by atomic mass is 32.1. The van der Waals surface area contributed by atoms with Crippen molar-refractivity contribution in [3.8, 4) is 5.75 Å². The van der Waals surface area contributed by atoms with Crippen LogP contribution in [0.3, 0.4) is 0 Å². The molecule has 164 valence electrons. The molecule has 1 saturated heterocycles. The average Bonchev–Trinajstić information content (AvgIpc) is 3.21. The summed E-state index contributed by atoms with van der Waals surface area (Å²) in [4.78, 5) is 11.5. The van der Waals surface area contributed by atoms with Gasteiger partial charge in [-0.2, -0.15) is 0 Å². The van der Waals surface area contributed by atoms with Crippen LogP contribution in [0.4, 0.5) is 0 Å². The number of ether oxygens (including phenoxy) is 1. The third kappa shape index (κ3) is 6.71. The lowest BCUT2D eigenvalue weighted by Crippen LogP contribution is -2.44. The number of piperidine rings is 1. The summed E-state index contributed by atoms with van der Waals surface area (Å²) < 4.78 is 5.34. The summed E-state index contributed by atoms with van der Waals surface area (Å²) in [7, 11) is 3.55. The molecular weight excluding hydrogens is 394 g/mol. The van der Waals surface area contributed by atoms with Crippen LogP contribution in [0.2, 0.25) is 0 Å². The van der Waals surface area contributed by atoms with Crippen molar-refractivity contribution in [3.63, 3.8) is 0 Å². The summed E-state index contributed by atoms with van der Waals surface area (Å²) in [6.45, 7) is 6.06. The molecule has 1 unspecified atom stereocenters. The topological polar surface area (TPSA) is 61.8 Å². The number of aryl methyl sites for hydroxylation is 2. The molecule has 7 heteroatoms. The molecule has 2 N–H and O–H groups in total. The zero-order chi connectivity index (χ0) is 21.2. The van der Waals surface area contributed by atoms with Gasteiger partial charge in [0.15, 0.2) is 5.96 Å². The minimum atomic E-state index is 0.327. The Morgan fingerprint density at radius 3 is 2.60 bits per heavy atom. The predicted octanol–water partition coefficient (Wildman–Crippen LogP) is 3.78. The van der Waals surface area contributed by atoms with Gasteiger partial charge in [0.2, 0.25) is 0 Å². The molecule has 30 heavy (non-hydrogen) atoms. The molecule has 2 aromatic rings. The van der Waals surface area contributed by atoms with Gasteiger partial charge in [-0.15, -0.1) is 11.3 Å². The van der Waals surface area contributed by atoms with E-state index in [2.05, 4.69) is 55.2 Å². The first-order valence-electron chi connectivity index (χ1n) is 10.9. The number of benzene rings is 1. The Bertz CT molecular complexity index is 783. The van der Waals surface area contributed by atoms with E-state index in [-0.39, 0.29) is 0 Å². The van der Waals surface area contributed by atoms with Crippen LogP contribution in [0.1, 0.15) is 48.0 Å². The molecule has 0 radical (unpaired) electrons. The van der Waals surface area contributed by atoms with E-state index in [0.717, 1.165) is 56.4 Å². The highest BCUT2D eigenvalue weighted by Crippen LogP contribution is 2.25. The molecular formula is C23H35N5OS. The monoisotopic (exact) mass is 429 g/mol. The highest BCUT2D eigenvalue weighted by molar-refractivity contribution is 7.09. The number of hydrogen-bond acceptors (Lipinski definition) is 5. The summed E-state index contributed by atoms with van der Waals surface area (Å²) in [6, 6.07) is 8.81. The third-order valence-electron chi connectivity index (χ3n) is 5.54. The van der Waals surface area contributed by atoms with E-state index in [1.54, 1.807) is 18.4 Å². The third-order valence-corrected chi connectivity index (χ3v) is 6.57.